The number of hydrogen-bond acceptors (Lipinski definition) is 3. The molecule has 144 valence electrons. The summed E-state index contributed by atoms with van der Waals surface area (Å²) in [5, 5.41) is 10.6. The number of phenolic OH excluding ortho intramolecular Hbond substituents is 1. The SMILES string of the molecule is Cl.Oc1ccc2c(ccn2Cc2ccc(OCCN3CCCCC3)cc2)c1. The van der Waals surface area contributed by atoms with Crippen LogP contribution in [-0.4, -0.2) is 40.8 Å². The molecule has 1 aliphatic heterocycles. The van der Waals surface area contributed by atoms with Crippen LogP contribution in [0.1, 0.15) is 24.8 Å². The van der Waals surface area contributed by atoms with Crippen LogP contribution in [0.3, 0.4) is 0 Å². The van der Waals surface area contributed by atoms with Gasteiger partial charge in [-0.1, -0.05) is 18.6 Å². The van der Waals surface area contributed by atoms with Crippen molar-refractivity contribution in [1.29, 1.82) is 0 Å². The average molecular weight is 387 g/mol. The van der Waals surface area contributed by atoms with Gasteiger partial charge in [-0.05, 0) is 67.9 Å². The third-order valence-corrected chi connectivity index (χ3v) is 5.16. The highest BCUT2D eigenvalue weighted by atomic mass is 35.5. The number of likely N-dealkylation sites (tertiary alicyclic amines) is 1. The summed E-state index contributed by atoms with van der Waals surface area (Å²) in [6.07, 6.45) is 6.08. The second-order valence-corrected chi connectivity index (χ2v) is 7.08. The van der Waals surface area contributed by atoms with Crippen molar-refractivity contribution in [3.05, 3.63) is 60.3 Å². The molecule has 0 saturated carbocycles. The minimum Gasteiger partial charge on any atom is -0.508 e. The van der Waals surface area contributed by atoms with Gasteiger partial charge >= 0.3 is 0 Å². The molecule has 5 heteroatoms. The number of halogens is 1. The van der Waals surface area contributed by atoms with Gasteiger partial charge < -0.3 is 14.4 Å². The van der Waals surface area contributed by atoms with Gasteiger partial charge in [-0.15, -0.1) is 12.4 Å². The average Bonchev–Trinajstić information content (AvgIpc) is 3.06. The van der Waals surface area contributed by atoms with Crippen LogP contribution < -0.4 is 4.74 Å². The predicted octanol–water partition coefficient (Wildman–Crippen LogP) is 4.68. The number of benzene rings is 2. The second-order valence-electron chi connectivity index (χ2n) is 7.08. The molecule has 1 fully saturated rings. The van der Waals surface area contributed by atoms with Gasteiger partial charge in [0, 0.05) is 30.2 Å². The summed E-state index contributed by atoms with van der Waals surface area (Å²) in [5.74, 6) is 1.24. The first kappa shape index (κ1) is 19.6. The van der Waals surface area contributed by atoms with Gasteiger partial charge in [0.05, 0.1) is 0 Å². The number of phenols is 1. The van der Waals surface area contributed by atoms with E-state index in [2.05, 4.69) is 39.9 Å². The molecule has 1 saturated heterocycles. The topological polar surface area (TPSA) is 37.6 Å². The van der Waals surface area contributed by atoms with E-state index in [0.717, 1.165) is 36.3 Å². The van der Waals surface area contributed by atoms with E-state index in [1.165, 1.54) is 37.9 Å². The number of aromatic hydroxyl groups is 1. The fraction of sp³-hybridized carbons (Fsp3) is 0.364. The number of aromatic nitrogens is 1. The van der Waals surface area contributed by atoms with Crippen LogP contribution in [0.25, 0.3) is 10.9 Å². The van der Waals surface area contributed by atoms with E-state index in [1.807, 2.05) is 12.1 Å². The Bertz CT molecular complexity index is 854. The lowest BCUT2D eigenvalue weighted by atomic mass is 10.1. The van der Waals surface area contributed by atoms with Crippen LogP contribution in [0.2, 0.25) is 0 Å². The maximum Gasteiger partial charge on any atom is 0.119 e. The molecule has 0 atom stereocenters. The number of fused-ring (bicyclic) bond motifs is 1. The number of ether oxygens (including phenoxy) is 1. The highest BCUT2D eigenvalue weighted by Gasteiger charge is 2.09. The van der Waals surface area contributed by atoms with E-state index >= 15 is 0 Å². The third kappa shape index (κ3) is 4.96. The minimum absolute atomic E-state index is 0. The Morgan fingerprint density at radius 2 is 1.70 bits per heavy atom. The zero-order valence-corrected chi connectivity index (χ0v) is 16.3. The Morgan fingerprint density at radius 3 is 2.48 bits per heavy atom. The van der Waals surface area contributed by atoms with Crippen molar-refractivity contribution >= 4 is 23.3 Å². The van der Waals surface area contributed by atoms with E-state index in [4.69, 9.17) is 4.74 Å². The number of hydrogen-bond donors (Lipinski definition) is 1. The summed E-state index contributed by atoms with van der Waals surface area (Å²) in [5.41, 5.74) is 2.36. The molecule has 1 aliphatic rings. The van der Waals surface area contributed by atoms with Crippen LogP contribution in [-0.2, 0) is 6.54 Å². The van der Waals surface area contributed by atoms with Crippen molar-refractivity contribution in [2.45, 2.75) is 25.8 Å². The van der Waals surface area contributed by atoms with Crippen molar-refractivity contribution in [2.24, 2.45) is 0 Å². The van der Waals surface area contributed by atoms with Crippen molar-refractivity contribution in [3.63, 3.8) is 0 Å². The quantitative estimate of drug-likeness (QED) is 0.668. The van der Waals surface area contributed by atoms with Crippen LogP contribution in [0.5, 0.6) is 11.5 Å². The van der Waals surface area contributed by atoms with Crippen molar-refractivity contribution in [1.82, 2.24) is 9.47 Å². The van der Waals surface area contributed by atoms with Crippen LogP contribution in [0, 0.1) is 0 Å². The molecule has 0 aliphatic carbocycles. The Labute approximate surface area is 166 Å². The molecule has 0 unspecified atom stereocenters. The van der Waals surface area contributed by atoms with Gasteiger partial charge in [-0.2, -0.15) is 0 Å². The Balaban J connectivity index is 0.00000210. The molecule has 0 amide bonds. The fourth-order valence-corrected chi connectivity index (χ4v) is 3.69. The lowest BCUT2D eigenvalue weighted by Crippen LogP contribution is -2.33. The summed E-state index contributed by atoms with van der Waals surface area (Å²) in [6, 6.07) is 15.9. The third-order valence-electron chi connectivity index (χ3n) is 5.16. The van der Waals surface area contributed by atoms with Crippen molar-refractivity contribution in [2.75, 3.05) is 26.2 Å². The summed E-state index contributed by atoms with van der Waals surface area (Å²) < 4.78 is 8.10. The standard InChI is InChI=1S/C22H26N2O2.ClH/c25-20-6-9-22-19(16-20)10-13-24(22)17-18-4-7-21(8-5-18)26-15-14-23-11-2-1-3-12-23;/h4-10,13,16,25H,1-3,11-12,14-15,17H2;1H. The molecular formula is C22H27ClN2O2. The van der Waals surface area contributed by atoms with Gasteiger partial charge in [0.2, 0.25) is 0 Å². The summed E-state index contributed by atoms with van der Waals surface area (Å²) in [4.78, 5) is 2.49. The maximum absolute atomic E-state index is 9.59. The summed E-state index contributed by atoms with van der Waals surface area (Å²) in [7, 11) is 0. The molecule has 2 heterocycles. The normalized spacial score (nSPS) is 14.8. The largest absolute Gasteiger partial charge is 0.508 e. The molecule has 0 radical (unpaired) electrons. The summed E-state index contributed by atoms with van der Waals surface area (Å²) >= 11 is 0. The fourth-order valence-electron chi connectivity index (χ4n) is 3.69. The first-order chi connectivity index (χ1) is 12.8. The van der Waals surface area contributed by atoms with Gasteiger partial charge in [0.25, 0.3) is 0 Å². The van der Waals surface area contributed by atoms with Gasteiger partial charge in [-0.25, -0.2) is 0 Å². The van der Waals surface area contributed by atoms with E-state index in [1.54, 1.807) is 12.1 Å². The highest BCUT2D eigenvalue weighted by Crippen LogP contribution is 2.22. The zero-order chi connectivity index (χ0) is 17.8. The monoisotopic (exact) mass is 386 g/mol. The molecule has 3 aromatic rings. The van der Waals surface area contributed by atoms with E-state index in [9.17, 15) is 5.11 Å². The molecule has 2 aromatic carbocycles. The molecule has 27 heavy (non-hydrogen) atoms. The van der Waals surface area contributed by atoms with Crippen LogP contribution >= 0.6 is 12.4 Å². The number of piperidine rings is 1. The van der Waals surface area contributed by atoms with Gasteiger partial charge in [0.1, 0.15) is 18.1 Å². The Morgan fingerprint density at radius 1 is 0.926 bits per heavy atom. The first-order valence-electron chi connectivity index (χ1n) is 9.50. The van der Waals surface area contributed by atoms with E-state index < -0.39 is 0 Å². The second kappa shape index (κ2) is 9.16. The lowest BCUT2D eigenvalue weighted by molar-refractivity contribution is 0.183. The maximum atomic E-state index is 9.59. The highest BCUT2D eigenvalue weighted by molar-refractivity contribution is 5.85. The number of rotatable bonds is 6. The Hall–Kier alpha value is -2.17. The predicted molar refractivity (Wildman–Crippen MR) is 112 cm³/mol. The molecule has 4 rings (SSSR count). The molecule has 1 N–H and O–H groups in total. The van der Waals surface area contributed by atoms with Gasteiger partial charge in [0.15, 0.2) is 0 Å². The molecule has 0 bridgehead atoms. The lowest BCUT2D eigenvalue weighted by Gasteiger charge is -2.26. The molecule has 4 nitrogen and oxygen atoms in total. The van der Waals surface area contributed by atoms with Crippen molar-refractivity contribution in [3.8, 4) is 11.5 Å². The summed E-state index contributed by atoms with van der Waals surface area (Å²) in [6.45, 7) is 5.01. The Kier molecular flexibility index (Phi) is 6.64. The van der Waals surface area contributed by atoms with E-state index in [-0.39, 0.29) is 12.4 Å². The first-order valence-corrected chi connectivity index (χ1v) is 9.50. The molecule has 0 spiro atoms. The number of nitrogens with zero attached hydrogens (tertiary/aromatic N) is 2. The van der Waals surface area contributed by atoms with E-state index in [0.29, 0.717) is 5.75 Å². The van der Waals surface area contributed by atoms with Gasteiger partial charge in [-0.3, -0.25) is 4.90 Å². The van der Waals surface area contributed by atoms with Crippen LogP contribution in [0.15, 0.2) is 54.7 Å². The minimum atomic E-state index is 0. The smallest absolute Gasteiger partial charge is 0.119 e. The van der Waals surface area contributed by atoms with Crippen molar-refractivity contribution < 1.29 is 9.84 Å². The zero-order valence-electron chi connectivity index (χ0n) is 15.5. The molecular weight excluding hydrogens is 360 g/mol. The molecule has 1 aromatic heterocycles. The van der Waals surface area contributed by atoms with Crippen LogP contribution in [0.4, 0.5) is 0 Å².